The van der Waals surface area contributed by atoms with E-state index in [1.54, 1.807) is 12.1 Å². The van der Waals surface area contributed by atoms with Gasteiger partial charge in [-0.1, -0.05) is 30.9 Å². The van der Waals surface area contributed by atoms with Crippen molar-refractivity contribution in [1.82, 2.24) is 5.32 Å². The fourth-order valence-corrected chi connectivity index (χ4v) is 2.38. The van der Waals surface area contributed by atoms with Crippen LogP contribution in [0.5, 0.6) is 0 Å². The highest BCUT2D eigenvalue weighted by Gasteiger charge is 2.17. The summed E-state index contributed by atoms with van der Waals surface area (Å²) in [5.74, 6) is 0.854. The Morgan fingerprint density at radius 1 is 1.44 bits per heavy atom. The van der Waals surface area contributed by atoms with Crippen molar-refractivity contribution in [1.29, 1.82) is 0 Å². The standard InChI is InChI=1S/C13H17ClN2O2/c14-12-4-5-13(16(17)18)11(8-12)9-15-7-6-10-2-1-3-10/h4-5,8,10,15H,1-3,6-7,9H2. The Balaban J connectivity index is 1.86. The smallest absolute Gasteiger partial charge is 0.273 e. The minimum absolute atomic E-state index is 0.135. The number of nitro groups is 1. The quantitative estimate of drug-likeness (QED) is 0.488. The number of nitrogens with one attached hydrogen (secondary N) is 1. The molecule has 1 aliphatic rings. The van der Waals surface area contributed by atoms with E-state index in [1.807, 2.05) is 0 Å². The van der Waals surface area contributed by atoms with Crippen LogP contribution in [0.15, 0.2) is 18.2 Å². The van der Waals surface area contributed by atoms with Crippen molar-refractivity contribution in [3.05, 3.63) is 38.9 Å². The second-order valence-electron chi connectivity index (χ2n) is 4.79. The predicted octanol–water partition coefficient (Wildman–Crippen LogP) is 3.53. The molecule has 0 saturated heterocycles. The van der Waals surface area contributed by atoms with E-state index < -0.39 is 0 Å². The van der Waals surface area contributed by atoms with Crippen molar-refractivity contribution >= 4 is 17.3 Å². The zero-order valence-electron chi connectivity index (χ0n) is 10.2. The monoisotopic (exact) mass is 268 g/mol. The van der Waals surface area contributed by atoms with E-state index in [2.05, 4.69) is 5.32 Å². The zero-order chi connectivity index (χ0) is 13.0. The molecule has 0 aromatic heterocycles. The number of nitro benzene ring substituents is 1. The lowest BCUT2D eigenvalue weighted by molar-refractivity contribution is -0.385. The number of benzene rings is 1. The van der Waals surface area contributed by atoms with Crippen LogP contribution in [-0.4, -0.2) is 11.5 Å². The van der Waals surface area contributed by atoms with Crippen LogP contribution in [0, 0.1) is 16.0 Å². The molecule has 0 unspecified atom stereocenters. The molecule has 1 fully saturated rings. The summed E-state index contributed by atoms with van der Waals surface area (Å²) in [5.41, 5.74) is 0.789. The minimum atomic E-state index is -0.362. The summed E-state index contributed by atoms with van der Waals surface area (Å²) < 4.78 is 0. The van der Waals surface area contributed by atoms with E-state index in [9.17, 15) is 10.1 Å². The lowest BCUT2D eigenvalue weighted by Gasteiger charge is -2.25. The van der Waals surface area contributed by atoms with Gasteiger partial charge in [-0.3, -0.25) is 10.1 Å². The fourth-order valence-electron chi connectivity index (χ4n) is 2.18. The Morgan fingerprint density at radius 2 is 2.22 bits per heavy atom. The number of hydrogen-bond donors (Lipinski definition) is 1. The highest BCUT2D eigenvalue weighted by Crippen LogP contribution is 2.29. The van der Waals surface area contributed by atoms with Gasteiger partial charge in [0.05, 0.1) is 4.92 Å². The molecule has 1 N–H and O–H groups in total. The Hall–Kier alpha value is -1.13. The highest BCUT2D eigenvalue weighted by molar-refractivity contribution is 6.30. The molecule has 98 valence electrons. The van der Waals surface area contributed by atoms with Gasteiger partial charge in [0.2, 0.25) is 0 Å². The van der Waals surface area contributed by atoms with Gasteiger partial charge in [-0.2, -0.15) is 0 Å². The van der Waals surface area contributed by atoms with E-state index >= 15 is 0 Å². The maximum absolute atomic E-state index is 10.9. The first-order valence-corrected chi connectivity index (χ1v) is 6.68. The average Bonchev–Trinajstić information content (AvgIpc) is 2.26. The predicted molar refractivity (Wildman–Crippen MR) is 71.8 cm³/mol. The first-order valence-electron chi connectivity index (χ1n) is 6.30. The summed E-state index contributed by atoms with van der Waals surface area (Å²) in [5, 5.41) is 14.7. The molecule has 1 saturated carbocycles. The van der Waals surface area contributed by atoms with Crippen molar-refractivity contribution in [2.75, 3.05) is 6.54 Å². The lowest BCUT2D eigenvalue weighted by Crippen LogP contribution is -2.21. The molecule has 0 amide bonds. The summed E-state index contributed by atoms with van der Waals surface area (Å²) in [6.07, 6.45) is 5.18. The van der Waals surface area contributed by atoms with E-state index in [4.69, 9.17) is 11.6 Å². The van der Waals surface area contributed by atoms with Gasteiger partial charge in [0.25, 0.3) is 5.69 Å². The molecule has 0 heterocycles. The maximum Gasteiger partial charge on any atom is 0.273 e. The summed E-state index contributed by atoms with van der Waals surface area (Å²) in [7, 11) is 0. The Labute approximate surface area is 111 Å². The zero-order valence-corrected chi connectivity index (χ0v) is 10.9. The van der Waals surface area contributed by atoms with Crippen LogP contribution < -0.4 is 5.32 Å². The van der Waals surface area contributed by atoms with Crippen LogP contribution in [0.3, 0.4) is 0 Å². The Kier molecular flexibility index (Phi) is 4.55. The van der Waals surface area contributed by atoms with Crippen LogP contribution in [0.1, 0.15) is 31.2 Å². The van der Waals surface area contributed by atoms with Crippen molar-refractivity contribution in [3.63, 3.8) is 0 Å². The van der Waals surface area contributed by atoms with E-state index in [0.717, 1.165) is 18.9 Å². The van der Waals surface area contributed by atoms with E-state index in [1.165, 1.54) is 25.3 Å². The van der Waals surface area contributed by atoms with Crippen LogP contribution in [0.4, 0.5) is 5.69 Å². The Bertz CT molecular complexity index is 433. The van der Waals surface area contributed by atoms with Gasteiger partial charge in [-0.15, -0.1) is 0 Å². The topological polar surface area (TPSA) is 55.2 Å². The van der Waals surface area contributed by atoms with E-state index in [-0.39, 0.29) is 10.6 Å². The summed E-state index contributed by atoms with van der Waals surface area (Å²) in [6.45, 7) is 1.41. The van der Waals surface area contributed by atoms with Crippen LogP contribution in [0.2, 0.25) is 5.02 Å². The van der Waals surface area contributed by atoms with E-state index in [0.29, 0.717) is 17.1 Å². The molecular weight excluding hydrogens is 252 g/mol. The average molecular weight is 269 g/mol. The van der Waals surface area contributed by atoms with Crippen molar-refractivity contribution in [2.45, 2.75) is 32.2 Å². The fraction of sp³-hybridized carbons (Fsp3) is 0.538. The van der Waals surface area contributed by atoms with Gasteiger partial charge in [-0.05, 0) is 31.0 Å². The normalized spacial score (nSPS) is 15.4. The van der Waals surface area contributed by atoms with Gasteiger partial charge >= 0.3 is 0 Å². The molecule has 1 aromatic rings. The number of halogens is 1. The molecule has 0 spiro atoms. The molecule has 1 aromatic carbocycles. The third kappa shape index (κ3) is 3.43. The molecule has 1 aliphatic carbocycles. The number of rotatable bonds is 6. The summed E-state index contributed by atoms with van der Waals surface area (Å²) in [6, 6.07) is 4.68. The molecule has 0 radical (unpaired) electrons. The molecular formula is C13H17ClN2O2. The van der Waals surface area contributed by atoms with Gasteiger partial charge in [0.15, 0.2) is 0 Å². The third-order valence-electron chi connectivity index (χ3n) is 3.51. The van der Waals surface area contributed by atoms with Crippen molar-refractivity contribution < 1.29 is 4.92 Å². The van der Waals surface area contributed by atoms with Gasteiger partial charge < -0.3 is 5.32 Å². The second-order valence-corrected chi connectivity index (χ2v) is 5.23. The molecule has 0 aliphatic heterocycles. The van der Waals surface area contributed by atoms with Gasteiger partial charge in [0.1, 0.15) is 0 Å². The van der Waals surface area contributed by atoms with Gasteiger partial charge in [0, 0.05) is 23.2 Å². The highest BCUT2D eigenvalue weighted by atomic mass is 35.5. The molecule has 4 nitrogen and oxygen atoms in total. The second kappa shape index (κ2) is 6.16. The number of nitrogens with zero attached hydrogens (tertiary/aromatic N) is 1. The molecule has 5 heteroatoms. The summed E-state index contributed by atoms with van der Waals surface area (Å²) in [4.78, 5) is 10.5. The van der Waals surface area contributed by atoms with Crippen LogP contribution >= 0.6 is 11.6 Å². The minimum Gasteiger partial charge on any atom is -0.312 e. The number of hydrogen-bond acceptors (Lipinski definition) is 3. The lowest BCUT2D eigenvalue weighted by atomic mass is 9.83. The first-order chi connectivity index (χ1) is 8.66. The maximum atomic E-state index is 10.9. The molecule has 0 atom stereocenters. The SMILES string of the molecule is O=[N+]([O-])c1ccc(Cl)cc1CNCCC1CCC1. The first kappa shape index (κ1) is 13.3. The van der Waals surface area contributed by atoms with Crippen LogP contribution in [-0.2, 0) is 6.54 Å². The largest absolute Gasteiger partial charge is 0.312 e. The van der Waals surface area contributed by atoms with Crippen molar-refractivity contribution in [2.24, 2.45) is 5.92 Å². The third-order valence-corrected chi connectivity index (χ3v) is 3.74. The Morgan fingerprint density at radius 3 is 2.83 bits per heavy atom. The molecule has 0 bridgehead atoms. The van der Waals surface area contributed by atoms with Gasteiger partial charge in [-0.25, -0.2) is 0 Å². The molecule has 18 heavy (non-hydrogen) atoms. The van der Waals surface area contributed by atoms with Crippen LogP contribution in [0.25, 0.3) is 0 Å². The van der Waals surface area contributed by atoms with Crippen molar-refractivity contribution in [3.8, 4) is 0 Å². The summed E-state index contributed by atoms with van der Waals surface area (Å²) >= 11 is 5.87. The molecule has 2 rings (SSSR count).